The molecule has 7 heteroatoms. The topological polar surface area (TPSA) is 56.2 Å². The maximum absolute atomic E-state index is 11.9. The first kappa shape index (κ1) is 19.6. The third-order valence-corrected chi connectivity index (χ3v) is 6.41. The molecule has 0 unspecified atom stereocenters. The number of thiophene rings is 1. The standard InChI is InChI=1S/C19H31N3O3S/c1-2-25-19(24)20-8-5-16(6-9-20)21-10-11-22(17(14-21)7-12-23)15-18-4-3-13-26-18/h3-4,13,16-17,23H,2,5-12,14-15H2,1H3/t17-/m1/s1. The highest BCUT2D eigenvalue weighted by molar-refractivity contribution is 7.09. The monoisotopic (exact) mass is 381 g/mol. The predicted octanol–water partition coefficient (Wildman–Crippen LogP) is 2.24. The van der Waals surface area contributed by atoms with E-state index < -0.39 is 0 Å². The summed E-state index contributed by atoms with van der Waals surface area (Å²) in [6.07, 6.45) is 2.67. The fourth-order valence-electron chi connectivity index (χ4n) is 4.11. The molecule has 0 radical (unpaired) electrons. The number of rotatable bonds is 6. The van der Waals surface area contributed by atoms with Gasteiger partial charge in [-0.1, -0.05) is 6.07 Å². The second kappa shape index (κ2) is 9.69. The molecule has 0 bridgehead atoms. The van der Waals surface area contributed by atoms with Crippen LogP contribution in [0.1, 0.15) is 31.1 Å². The quantitative estimate of drug-likeness (QED) is 0.819. The lowest BCUT2D eigenvalue weighted by molar-refractivity contribution is 0.0125. The van der Waals surface area contributed by atoms with Crippen molar-refractivity contribution in [2.75, 3.05) is 45.9 Å². The van der Waals surface area contributed by atoms with Gasteiger partial charge in [0, 0.05) is 62.8 Å². The van der Waals surface area contributed by atoms with E-state index in [-0.39, 0.29) is 12.7 Å². The molecule has 0 spiro atoms. The van der Waals surface area contributed by atoms with Gasteiger partial charge in [-0.05, 0) is 37.6 Å². The summed E-state index contributed by atoms with van der Waals surface area (Å²) >= 11 is 1.81. The molecule has 1 aromatic rings. The third-order valence-electron chi connectivity index (χ3n) is 5.54. The van der Waals surface area contributed by atoms with Gasteiger partial charge in [0.25, 0.3) is 0 Å². The van der Waals surface area contributed by atoms with Crippen LogP contribution >= 0.6 is 11.3 Å². The summed E-state index contributed by atoms with van der Waals surface area (Å²) in [6.45, 7) is 8.19. The Morgan fingerprint density at radius 1 is 1.31 bits per heavy atom. The number of piperidine rings is 1. The molecular weight excluding hydrogens is 350 g/mol. The van der Waals surface area contributed by atoms with E-state index in [2.05, 4.69) is 27.3 Å². The van der Waals surface area contributed by atoms with Crippen LogP contribution in [0.5, 0.6) is 0 Å². The van der Waals surface area contributed by atoms with Crippen LogP contribution in [0.2, 0.25) is 0 Å². The van der Waals surface area contributed by atoms with E-state index in [4.69, 9.17) is 4.74 Å². The number of carbonyl (C=O) groups excluding carboxylic acids is 1. The lowest BCUT2D eigenvalue weighted by Crippen LogP contribution is -2.57. The normalized spacial score (nSPS) is 23.3. The number of carbonyl (C=O) groups is 1. The summed E-state index contributed by atoms with van der Waals surface area (Å²) in [5.41, 5.74) is 0. The van der Waals surface area contributed by atoms with Crippen molar-refractivity contribution in [2.45, 2.75) is 44.8 Å². The van der Waals surface area contributed by atoms with Crippen LogP contribution in [-0.4, -0.2) is 83.9 Å². The van der Waals surface area contributed by atoms with Gasteiger partial charge in [-0.3, -0.25) is 9.80 Å². The van der Waals surface area contributed by atoms with Gasteiger partial charge in [-0.25, -0.2) is 4.79 Å². The number of hydrogen-bond donors (Lipinski definition) is 1. The number of nitrogens with zero attached hydrogens (tertiary/aromatic N) is 3. The highest BCUT2D eigenvalue weighted by Gasteiger charge is 2.33. The fourth-order valence-corrected chi connectivity index (χ4v) is 4.84. The SMILES string of the molecule is CCOC(=O)N1CCC(N2CCN(Cc3cccs3)[C@H](CCO)C2)CC1. The van der Waals surface area contributed by atoms with Gasteiger partial charge in [-0.15, -0.1) is 11.3 Å². The third kappa shape index (κ3) is 4.97. The molecule has 2 fully saturated rings. The molecule has 1 amide bonds. The average molecular weight is 382 g/mol. The largest absolute Gasteiger partial charge is 0.450 e. The van der Waals surface area contributed by atoms with Crippen molar-refractivity contribution in [3.8, 4) is 0 Å². The average Bonchev–Trinajstić information content (AvgIpc) is 3.17. The van der Waals surface area contributed by atoms with Crippen LogP contribution in [0.3, 0.4) is 0 Å². The highest BCUT2D eigenvalue weighted by atomic mass is 32.1. The second-order valence-electron chi connectivity index (χ2n) is 7.13. The minimum absolute atomic E-state index is 0.176. The van der Waals surface area contributed by atoms with E-state index >= 15 is 0 Å². The lowest BCUT2D eigenvalue weighted by Gasteiger charge is -2.46. The van der Waals surface area contributed by atoms with Crippen LogP contribution in [0.15, 0.2) is 17.5 Å². The number of aliphatic hydroxyl groups is 1. The summed E-state index contributed by atoms with van der Waals surface area (Å²) in [5.74, 6) is 0. The van der Waals surface area contributed by atoms with Gasteiger partial charge in [0.1, 0.15) is 0 Å². The molecule has 0 aliphatic carbocycles. The minimum Gasteiger partial charge on any atom is -0.450 e. The number of amides is 1. The zero-order valence-electron chi connectivity index (χ0n) is 15.7. The van der Waals surface area contributed by atoms with E-state index in [9.17, 15) is 9.90 Å². The predicted molar refractivity (Wildman–Crippen MR) is 103 cm³/mol. The van der Waals surface area contributed by atoms with Gasteiger partial charge >= 0.3 is 6.09 Å². The second-order valence-corrected chi connectivity index (χ2v) is 8.16. The van der Waals surface area contributed by atoms with Crippen LogP contribution in [-0.2, 0) is 11.3 Å². The van der Waals surface area contributed by atoms with Crippen molar-refractivity contribution in [2.24, 2.45) is 0 Å². The Balaban J connectivity index is 1.52. The molecule has 1 atom stereocenters. The van der Waals surface area contributed by atoms with Crippen LogP contribution in [0, 0.1) is 0 Å². The molecule has 1 aromatic heterocycles. The molecule has 1 N–H and O–H groups in total. The molecule has 3 rings (SSSR count). The summed E-state index contributed by atoms with van der Waals surface area (Å²) in [5, 5.41) is 11.6. The zero-order chi connectivity index (χ0) is 18.4. The molecule has 3 heterocycles. The molecule has 2 aliphatic heterocycles. The summed E-state index contributed by atoms with van der Waals surface area (Å²) in [4.78, 5) is 20.2. The zero-order valence-corrected chi connectivity index (χ0v) is 16.5. The molecule has 2 aliphatic rings. The van der Waals surface area contributed by atoms with Crippen molar-refractivity contribution in [1.82, 2.24) is 14.7 Å². The number of piperazine rings is 1. The van der Waals surface area contributed by atoms with Gasteiger partial charge in [0.05, 0.1) is 6.61 Å². The van der Waals surface area contributed by atoms with Crippen LogP contribution in [0.25, 0.3) is 0 Å². The van der Waals surface area contributed by atoms with Crippen molar-refractivity contribution < 1.29 is 14.6 Å². The first-order valence-corrected chi connectivity index (χ1v) is 10.6. The highest BCUT2D eigenvalue weighted by Crippen LogP contribution is 2.24. The maximum atomic E-state index is 11.9. The van der Waals surface area contributed by atoms with Gasteiger partial charge in [0.2, 0.25) is 0 Å². The van der Waals surface area contributed by atoms with Crippen molar-refractivity contribution in [1.29, 1.82) is 0 Å². The number of likely N-dealkylation sites (tertiary alicyclic amines) is 1. The summed E-state index contributed by atoms with van der Waals surface area (Å²) < 4.78 is 5.11. The minimum atomic E-state index is -0.176. The Labute approximate surface area is 160 Å². The van der Waals surface area contributed by atoms with E-state index in [1.807, 2.05) is 11.8 Å². The molecule has 2 saturated heterocycles. The first-order valence-electron chi connectivity index (χ1n) is 9.74. The van der Waals surface area contributed by atoms with Crippen molar-refractivity contribution in [3.63, 3.8) is 0 Å². The molecular formula is C19H31N3O3S. The van der Waals surface area contributed by atoms with E-state index in [0.717, 1.165) is 58.5 Å². The molecule has 0 aromatic carbocycles. The maximum Gasteiger partial charge on any atom is 0.409 e. The van der Waals surface area contributed by atoms with Gasteiger partial charge in [-0.2, -0.15) is 0 Å². The molecule has 26 heavy (non-hydrogen) atoms. The molecule has 146 valence electrons. The van der Waals surface area contributed by atoms with Crippen molar-refractivity contribution >= 4 is 17.4 Å². The molecule has 0 saturated carbocycles. The number of aliphatic hydroxyl groups excluding tert-OH is 1. The summed E-state index contributed by atoms with van der Waals surface area (Å²) in [6, 6.07) is 5.23. The van der Waals surface area contributed by atoms with E-state index in [1.54, 1.807) is 11.3 Å². The first-order chi connectivity index (χ1) is 12.7. The Morgan fingerprint density at radius 2 is 2.12 bits per heavy atom. The van der Waals surface area contributed by atoms with E-state index in [1.165, 1.54) is 4.88 Å². The Hall–Kier alpha value is -1.15. The summed E-state index contributed by atoms with van der Waals surface area (Å²) in [7, 11) is 0. The number of hydrogen-bond acceptors (Lipinski definition) is 6. The van der Waals surface area contributed by atoms with Gasteiger partial charge in [0.15, 0.2) is 0 Å². The van der Waals surface area contributed by atoms with E-state index in [0.29, 0.717) is 18.7 Å². The molecule has 6 nitrogen and oxygen atoms in total. The Bertz CT molecular complexity index is 546. The smallest absolute Gasteiger partial charge is 0.409 e. The lowest BCUT2D eigenvalue weighted by atomic mass is 10.00. The Kier molecular flexibility index (Phi) is 7.31. The Morgan fingerprint density at radius 3 is 2.77 bits per heavy atom. The fraction of sp³-hybridized carbons (Fsp3) is 0.737. The van der Waals surface area contributed by atoms with Gasteiger partial charge < -0.3 is 14.7 Å². The van der Waals surface area contributed by atoms with Crippen LogP contribution < -0.4 is 0 Å². The number of ether oxygens (including phenoxy) is 1. The van der Waals surface area contributed by atoms with Crippen LogP contribution in [0.4, 0.5) is 4.79 Å². The van der Waals surface area contributed by atoms with Crippen molar-refractivity contribution in [3.05, 3.63) is 22.4 Å².